The van der Waals surface area contributed by atoms with Crippen molar-refractivity contribution in [1.82, 2.24) is 14.8 Å². The molecule has 0 aliphatic carbocycles. The Balaban J connectivity index is 2.54. The molecule has 0 radical (unpaired) electrons. The van der Waals surface area contributed by atoms with Crippen LogP contribution in [-0.4, -0.2) is 26.1 Å². The second-order valence-electron chi connectivity index (χ2n) is 5.42. The van der Waals surface area contributed by atoms with E-state index in [2.05, 4.69) is 10.1 Å². The van der Waals surface area contributed by atoms with Crippen LogP contribution in [0.1, 0.15) is 52.4 Å². The van der Waals surface area contributed by atoms with Crippen molar-refractivity contribution in [1.29, 1.82) is 0 Å². The highest BCUT2D eigenvalue weighted by atomic mass is 16.1. The molecule has 0 unspecified atom stereocenters. The Morgan fingerprint density at radius 1 is 1.53 bits per heavy atom. The minimum atomic E-state index is -0.290. The fourth-order valence-corrected chi connectivity index (χ4v) is 1.56. The number of nitrogens with two attached hydrogens (primary N) is 1. The average molecular weight is 238 g/mol. The fourth-order valence-electron chi connectivity index (χ4n) is 1.56. The third-order valence-electron chi connectivity index (χ3n) is 2.54. The number of ketones is 1. The van der Waals surface area contributed by atoms with Crippen LogP contribution < -0.4 is 5.73 Å². The van der Waals surface area contributed by atoms with Crippen molar-refractivity contribution >= 4 is 5.78 Å². The molecule has 1 aromatic rings. The summed E-state index contributed by atoms with van der Waals surface area (Å²) in [7, 11) is 0. The van der Waals surface area contributed by atoms with Gasteiger partial charge in [0, 0.05) is 18.0 Å². The topological polar surface area (TPSA) is 73.8 Å². The van der Waals surface area contributed by atoms with E-state index in [1.165, 1.54) is 6.33 Å². The summed E-state index contributed by atoms with van der Waals surface area (Å²) in [4.78, 5) is 15.9. The SMILES string of the molecule is CC(C)n1ncnc1CC(=O)CCC(C)(C)N. The minimum absolute atomic E-state index is 0.165. The molecule has 96 valence electrons. The van der Waals surface area contributed by atoms with Crippen molar-refractivity contribution < 1.29 is 4.79 Å². The molecule has 0 aliphatic heterocycles. The quantitative estimate of drug-likeness (QED) is 0.814. The predicted molar refractivity (Wildman–Crippen MR) is 66.6 cm³/mol. The van der Waals surface area contributed by atoms with Gasteiger partial charge in [-0.3, -0.25) is 4.79 Å². The van der Waals surface area contributed by atoms with E-state index in [4.69, 9.17) is 5.73 Å². The molecule has 0 atom stereocenters. The van der Waals surface area contributed by atoms with E-state index in [0.29, 0.717) is 19.3 Å². The first-order valence-corrected chi connectivity index (χ1v) is 5.98. The number of hydrogen-bond acceptors (Lipinski definition) is 4. The molecule has 0 bridgehead atoms. The first kappa shape index (κ1) is 13.8. The van der Waals surface area contributed by atoms with Crippen LogP contribution in [0.25, 0.3) is 0 Å². The van der Waals surface area contributed by atoms with Gasteiger partial charge in [0.15, 0.2) is 0 Å². The molecule has 1 aromatic heterocycles. The lowest BCUT2D eigenvalue weighted by Gasteiger charge is -2.17. The van der Waals surface area contributed by atoms with Gasteiger partial charge in [-0.1, -0.05) is 0 Å². The van der Waals surface area contributed by atoms with Gasteiger partial charge in [0.1, 0.15) is 17.9 Å². The van der Waals surface area contributed by atoms with Crippen LogP contribution in [0.2, 0.25) is 0 Å². The second-order valence-corrected chi connectivity index (χ2v) is 5.42. The van der Waals surface area contributed by atoms with E-state index in [9.17, 15) is 4.79 Å². The summed E-state index contributed by atoms with van der Waals surface area (Å²) < 4.78 is 1.78. The molecule has 5 nitrogen and oxygen atoms in total. The van der Waals surface area contributed by atoms with Gasteiger partial charge in [0.25, 0.3) is 0 Å². The van der Waals surface area contributed by atoms with Crippen LogP contribution >= 0.6 is 0 Å². The lowest BCUT2D eigenvalue weighted by molar-refractivity contribution is -0.118. The Labute approximate surface area is 102 Å². The highest BCUT2D eigenvalue weighted by molar-refractivity contribution is 5.80. The van der Waals surface area contributed by atoms with Gasteiger partial charge in [-0.25, -0.2) is 9.67 Å². The van der Waals surface area contributed by atoms with Crippen LogP contribution in [0.3, 0.4) is 0 Å². The van der Waals surface area contributed by atoms with Crippen LogP contribution in [0.4, 0.5) is 0 Å². The Bertz CT molecular complexity index is 376. The lowest BCUT2D eigenvalue weighted by Crippen LogP contribution is -2.32. The number of nitrogens with zero attached hydrogens (tertiary/aromatic N) is 3. The first-order chi connectivity index (χ1) is 7.79. The first-order valence-electron chi connectivity index (χ1n) is 5.98. The van der Waals surface area contributed by atoms with E-state index in [-0.39, 0.29) is 17.4 Å². The van der Waals surface area contributed by atoms with E-state index < -0.39 is 0 Å². The van der Waals surface area contributed by atoms with Gasteiger partial charge in [-0.15, -0.1) is 0 Å². The summed E-state index contributed by atoms with van der Waals surface area (Å²) in [6.45, 7) is 7.89. The molecule has 0 spiro atoms. The van der Waals surface area contributed by atoms with Crippen molar-refractivity contribution in [3.63, 3.8) is 0 Å². The molecule has 0 aromatic carbocycles. The van der Waals surface area contributed by atoms with Gasteiger partial charge < -0.3 is 5.73 Å². The van der Waals surface area contributed by atoms with Crippen LogP contribution in [-0.2, 0) is 11.2 Å². The zero-order chi connectivity index (χ0) is 13.1. The van der Waals surface area contributed by atoms with Crippen molar-refractivity contribution in [2.24, 2.45) is 5.73 Å². The van der Waals surface area contributed by atoms with Crippen molar-refractivity contribution in [3.8, 4) is 0 Å². The largest absolute Gasteiger partial charge is 0.326 e. The van der Waals surface area contributed by atoms with Crippen LogP contribution in [0.15, 0.2) is 6.33 Å². The fraction of sp³-hybridized carbons (Fsp3) is 0.750. The molecular weight excluding hydrogens is 216 g/mol. The zero-order valence-corrected chi connectivity index (χ0v) is 11.1. The number of carbonyl (C=O) groups excluding carboxylic acids is 1. The van der Waals surface area contributed by atoms with E-state index in [1.54, 1.807) is 4.68 Å². The highest BCUT2D eigenvalue weighted by Gasteiger charge is 2.16. The maximum absolute atomic E-state index is 11.8. The van der Waals surface area contributed by atoms with Gasteiger partial charge in [0.05, 0.1) is 6.42 Å². The monoisotopic (exact) mass is 238 g/mol. The molecule has 0 amide bonds. The summed E-state index contributed by atoms with van der Waals surface area (Å²) in [5.74, 6) is 0.901. The van der Waals surface area contributed by atoms with Gasteiger partial charge in [-0.2, -0.15) is 5.10 Å². The Kier molecular flexibility index (Phi) is 4.40. The summed E-state index contributed by atoms with van der Waals surface area (Å²) in [6, 6.07) is 0.228. The average Bonchev–Trinajstić information content (AvgIpc) is 2.62. The third kappa shape index (κ3) is 4.65. The van der Waals surface area contributed by atoms with Crippen molar-refractivity contribution in [2.45, 2.75) is 58.5 Å². The van der Waals surface area contributed by atoms with Gasteiger partial charge >= 0.3 is 0 Å². The molecular formula is C12H22N4O. The minimum Gasteiger partial charge on any atom is -0.326 e. The molecule has 1 rings (SSSR count). The normalized spacial score (nSPS) is 12.1. The van der Waals surface area contributed by atoms with Gasteiger partial charge in [-0.05, 0) is 34.1 Å². The van der Waals surface area contributed by atoms with E-state index in [0.717, 1.165) is 5.82 Å². The summed E-state index contributed by atoms with van der Waals surface area (Å²) in [6.07, 6.45) is 3.03. The molecule has 5 heteroatoms. The summed E-state index contributed by atoms with van der Waals surface area (Å²) in [5, 5.41) is 4.11. The smallest absolute Gasteiger partial charge is 0.140 e. The summed E-state index contributed by atoms with van der Waals surface area (Å²) >= 11 is 0. The lowest BCUT2D eigenvalue weighted by atomic mass is 9.97. The summed E-state index contributed by atoms with van der Waals surface area (Å²) in [5.41, 5.74) is 5.56. The highest BCUT2D eigenvalue weighted by Crippen LogP contribution is 2.11. The maximum atomic E-state index is 11.8. The van der Waals surface area contributed by atoms with E-state index in [1.807, 2.05) is 27.7 Å². The molecule has 0 aliphatic rings. The Morgan fingerprint density at radius 3 is 2.71 bits per heavy atom. The van der Waals surface area contributed by atoms with Crippen molar-refractivity contribution in [2.75, 3.05) is 0 Å². The van der Waals surface area contributed by atoms with Gasteiger partial charge in [0.2, 0.25) is 0 Å². The standard InChI is InChI=1S/C12H22N4O/c1-9(2)16-11(14-8-15-16)7-10(17)5-6-12(3,4)13/h8-9H,5-7,13H2,1-4H3. The number of carbonyl (C=O) groups is 1. The molecule has 1 heterocycles. The maximum Gasteiger partial charge on any atom is 0.140 e. The Morgan fingerprint density at radius 2 is 2.18 bits per heavy atom. The zero-order valence-electron chi connectivity index (χ0n) is 11.1. The van der Waals surface area contributed by atoms with Crippen LogP contribution in [0.5, 0.6) is 0 Å². The van der Waals surface area contributed by atoms with Crippen molar-refractivity contribution in [3.05, 3.63) is 12.2 Å². The number of hydrogen-bond donors (Lipinski definition) is 1. The second kappa shape index (κ2) is 5.40. The molecule has 17 heavy (non-hydrogen) atoms. The predicted octanol–water partition coefficient (Wildman–Crippen LogP) is 1.49. The van der Waals surface area contributed by atoms with Crippen LogP contribution in [0, 0.1) is 0 Å². The molecule has 0 fully saturated rings. The Hall–Kier alpha value is -1.23. The molecule has 0 saturated heterocycles. The number of aromatic nitrogens is 3. The van der Waals surface area contributed by atoms with E-state index >= 15 is 0 Å². The number of rotatable bonds is 6. The number of Topliss-reactive ketones (excluding diaryl/α,β-unsaturated/α-hetero) is 1. The molecule has 2 N–H and O–H groups in total. The molecule has 0 saturated carbocycles. The third-order valence-corrected chi connectivity index (χ3v) is 2.54.